The molecule has 0 aromatic carbocycles. The van der Waals surface area contributed by atoms with Gasteiger partial charge in [0.05, 0.1) is 12.7 Å². The molecule has 0 radical (unpaired) electrons. The molecular weight excluding hydrogens is 162 g/mol. The van der Waals surface area contributed by atoms with Crippen molar-refractivity contribution in [2.75, 3.05) is 27.3 Å². The molecule has 1 saturated heterocycles. The Hall–Kier alpha value is 0.230. The van der Waals surface area contributed by atoms with Gasteiger partial charge in [-0.3, -0.25) is 4.90 Å². The largest absolute Gasteiger partial charge is 0.380 e. The van der Waals surface area contributed by atoms with E-state index in [2.05, 4.69) is 24.9 Å². The summed E-state index contributed by atoms with van der Waals surface area (Å²) in [6.07, 6.45) is 1.42. The summed E-state index contributed by atoms with van der Waals surface area (Å²) in [6, 6.07) is 0.470. The third-order valence-corrected chi connectivity index (χ3v) is 2.40. The number of hydrogen-bond acceptors (Lipinski definition) is 4. The van der Waals surface area contributed by atoms with Gasteiger partial charge in [0, 0.05) is 19.7 Å². The van der Waals surface area contributed by atoms with Gasteiger partial charge in [-0.25, -0.2) is 0 Å². The predicted octanol–water partition coefficient (Wildman–Crippen LogP) is 0.567. The Morgan fingerprint density at radius 1 is 1.64 bits per heavy atom. The molecule has 1 rings (SSSR count). The first-order valence-electron chi connectivity index (χ1n) is 3.77. The Balaban J connectivity index is 2.32. The Morgan fingerprint density at radius 2 is 2.36 bits per heavy atom. The highest BCUT2D eigenvalue weighted by atomic mass is 32.1. The number of methoxy groups -OCH3 is 1. The second kappa shape index (κ2) is 4.30. The summed E-state index contributed by atoms with van der Waals surface area (Å²) in [5, 5.41) is 0. The Labute approximate surface area is 73.3 Å². The van der Waals surface area contributed by atoms with Crippen LogP contribution in [0.15, 0.2) is 0 Å². The Kier molecular flexibility index (Phi) is 3.65. The van der Waals surface area contributed by atoms with Crippen LogP contribution in [0.5, 0.6) is 0 Å². The van der Waals surface area contributed by atoms with Gasteiger partial charge in [0.2, 0.25) is 0 Å². The molecule has 0 aliphatic carbocycles. The van der Waals surface area contributed by atoms with Gasteiger partial charge in [-0.05, 0) is 26.4 Å². The second-order valence-electron chi connectivity index (χ2n) is 2.98. The number of likely N-dealkylation sites (N-methyl/N-ethyl adjacent to an activating group) is 1. The fraction of sp³-hybridized carbons (Fsp3) is 1.00. The molecule has 1 aliphatic rings. The zero-order valence-electron chi connectivity index (χ0n) is 6.99. The van der Waals surface area contributed by atoms with Gasteiger partial charge >= 0.3 is 0 Å². The molecule has 3 nitrogen and oxygen atoms in total. The molecule has 11 heavy (non-hydrogen) atoms. The third kappa shape index (κ3) is 2.33. The summed E-state index contributed by atoms with van der Waals surface area (Å²) in [4.78, 5) is 2.24. The van der Waals surface area contributed by atoms with Crippen LogP contribution in [0.25, 0.3) is 0 Å². The fourth-order valence-electron chi connectivity index (χ4n) is 1.48. The Morgan fingerprint density at radius 3 is 2.82 bits per heavy atom. The van der Waals surface area contributed by atoms with Gasteiger partial charge in [0.25, 0.3) is 0 Å². The monoisotopic (exact) mass is 177 g/mol. The van der Waals surface area contributed by atoms with Crippen molar-refractivity contribution in [2.45, 2.75) is 18.6 Å². The summed E-state index contributed by atoms with van der Waals surface area (Å²) in [7, 11) is 3.83. The molecule has 0 aromatic rings. The average molecular weight is 177 g/mol. The lowest BCUT2D eigenvalue weighted by molar-refractivity contribution is 0.111. The quantitative estimate of drug-likeness (QED) is 0.503. The molecular formula is C7H15NO2S. The molecule has 0 bridgehead atoms. The highest BCUT2D eigenvalue weighted by Crippen LogP contribution is 2.18. The normalized spacial score (nSPS) is 33.0. The van der Waals surface area contributed by atoms with E-state index in [1.165, 1.54) is 0 Å². The lowest BCUT2D eigenvalue weighted by atomic mass is 10.2. The summed E-state index contributed by atoms with van der Waals surface area (Å²) in [6.45, 7) is 1.68. The summed E-state index contributed by atoms with van der Waals surface area (Å²) in [5.41, 5.74) is 0. The van der Waals surface area contributed by atoms with E-state index in [-0.39, 0.29) is 0 Å². The first-order chi connectivity index (χ1) is 5.27. The van der Waals surface area contributed by atoms with Crippen LogP contribution in [0.1, 0.15) is 6.42 Å². The zero-order chi connectivity index (χ0) is 8.27. The van der Waals surface area contributed by atoms with Gasteiger partial charge < -0.3 is 8.92 Å². The van der Waals surface area contributed by atoms with E-state index in [0.717, 1.165) is 13.0 Å². The van der Waals surface area contributed by atoms with Crippen LogP contribution in [-0.2, 0) is 8.92 Å². The van der Waals surface area contributed by atoms with Gasteiger partial charge in [0.15, 0.2) is 0 Å². The molecule has 1 heterocycles. The highest BCUT2D eigenvalue weighted by molar-refractivity contribution is 7.75. The molecule has 0 spiro atoms. The number of rotatable bonds is 3. The number of hydrogen-bond donors (Lipinski definition) is 1. The fourth-order valence-corrected chi connectivity index (χ4v) is 1.65. The van der Waals surface area contributed by atoms with E-state index < -0.39 is 0 Å². The minimum Gasteiger partial charge on any atom is -0.380 e. The van der Waals surface area contributed by atoms with Crippen molar-refractivity contribution in [3.63, 3.8) is 0 Å². The molecule has 1 aliphatic heterocycles. The maximum atomic E-state index is 5.24. The summed E-state index contributed by atoms with van der Waals surface area (Å²) in [5.74, 6) is 0. The SMILES string of the molecule is COC1CC(COS)N(C)C1. The van der Waals surface area contributed by atoms with Crippen LogP contribution in [0.4, 0.5) is 0 Å². The summed E-state index contributed by atoms with van der Waals surface area (Å²) < 4.78 is 10.0. The number of ether oxygens (including phenoxy) is 1. The smallest absolute Gasteiger partial charge is 0.0767 e. The van der Waals surface area contributed by atoms with Gasteiger partial charge in [0.1, 0.15) is 0 Å². The maximum absolute atomic E-state index is 5.24. The molecule has 0 saturated carbocycles. The first-order valence-corrected chi connectivity index (χ1v) is 4.13. The van der Waals surface area contributed by atoms with Crippen molar-refractivity contribution in [1.82, 2.24) is 4.90 Å². The summed E-state index contributed by atoms with van der Waals surface area (Å²) >= 11 is 3.73. The predicted molar refractivity (Wildman–Crippen MR) is 46.8 cm³/mol. The molecule has 0 amide bonds. The number of likely N-dealkylation sites (tertiary alicyclic amines) is 1. The Bertz CT molecular complexity index is 123. The van der Waals surface area contributed by atoms with Crippen molar-refractivity contribution in [3.05, 3.63) is 0 Å². The van der Waals surface area contributed by atoms with Gasteiger partial charge in [-0.2, -0.15) is 0 Å². The van der Waals surface area contributed by atoms with Crippen molar-refractivity contribution in [3.8, 4) is 0 Å². The van der Waals surface area contributed by atoms with Crippen molar-refractivity contribution < 1.29 is 8.92 Å². The van der Waals surface area contributed by atoms with Crippen LogP contribution in [0.3, 0.4) is 0 Å². The standard InChI is InChI=1S/C7H15NO2S/c1-8-4-7(9-2)3-6(8)5-10-11/h6-7,11H,3-5H2,1-2H3. The minimum atomic E-state index is 0.369. The maximum Gasteiger partial charge on any atom is 0.0767 e. The molecule has 2 atom stereocenters. The number of thiol groups is 1. The lowest BCUT2D eigenvalue weighted by Gasteiger charge is -2.16. The van der Waals surface area contributed by atoms with Crippen LogP contribution >= 0.6 is 12.9 Å². The van der Waals surface area contributed by atoms with Gasteiger partial charge in [-0.1, -0.05) is 0 Å². The van der Waals surface area contributed by atoms with Crippen LogP contribution in [0, 0.1) is 0 Å². The molecule has 0 N–H and O–H groups in total. The first kappa shape index (κ1) is 9.32. The average Bonchev–Trinajstić information content (AvgIpc) is 2.33. The lowest BCUT2D eigenvalue weighted by Crippen LogP contribution is -2.28. The van der Waals surface area contributed by atoms with Gasteiger partial charge in [-0.15, -0.1) is 0 Å². The van der Waals surface area contributed by atoms with E-state index in [0.29, 0.717) is 18.8 Å². The van der Waals surface area contributed by atoms with E-state index >= 15 is 0 Å². The van der Waals surface area contributed by atoms with Crippen LogP contribution in [0.2, 0.25) is 0 Å². The van der Waals surface area contributed by atoms with Crippen LogP contribution < -0.4 is 0 Å². The van der Waals surface area contributed by atoms with E-state index in [4.69, 9.17) is 8.92 Å². The zero-order valence-corrected chi connectivity index (χ0v) is 7.88. The molecule has 1 fully saturated rings. The topological polar surface area (TPSA) is 21.7 Å². The van der Waals surface area contributed by atoms with E-state index in [9.17, 15) is 0 Å². The molecule has 2 unspecified atom stereocenters. The van der Waals surface area contributed by atoms with E-state index in [1.54, 1.807) is 7.11 Å². The molecule has 4 heteroatoms. The third-order valence-electron chi connectivity index (χ3n) is 2.25. The van der Waals surface area contributed by atoms with Crippen molar-refractivity contribution >= 4 is 12.9 Å². The van der Waals surface area contributed by atoms with Crippen LogP contribution in [-0.4, -0.2) is 44.4 Å². The van der Waals surface area contributed by atoms with Crippen molar-refractivity contribution in [2.24, 2.45) is 0 Å². The number of nitrogens with zero attached hydrogens (tertiary/aromatic N) is 1. The van der Waals surface area contributed by atoms with Crippen molar-refractivity contribution in [1.29, 1.82) is 0 Å². The second-order valence-corrected chi connectivity index (χ2v) is 3.24. The van der Waals surface area contributed by atoms with E-state index in [1.807, 2.05) is 0 Å². The molecule has 66 valence electrons. The minimum absolute atomic E-state index is 0.369. The molecule has 0 aromatic heterocycles. The highest BCUT2D eigenvalue weighted by Gasteiger charge is 2.28.